The van der Waals surface area contributed by atoms with Gasteiger partial charge in [0.2, 0.25) is 0 Å². The standard InChI is InChI=1S/C20H24N4S/c1-13(2)11-21-20-23-22-19(12-25-20)18-10-15(4)24(16(18)5)17-8-6-14(3)7-9-17/h6-10,12,22H,1,11H2,2-5H3,(H,21,23). The van der Waals surface area contributed by atoms with Gasteiger partial charge in [-0.2, -0.15) is 0 Å². The Morgan fingerprint density at radius 1 is 1.16 bits per heavy atom. The van der Waals surface area contributed by atoms with Crippen molar-refractivity contribution in [2.24, 2.45) is 4.99 Å². The van der Waals surface area contributed by atoms with Gasteiger partial charge >= 0.3 is 0 Å². The van der Waals surface area contributed by atoms with Crippen LogP contribution in [0.3, 0.4) is 0 Å². The monoisotopic (exact) mass is 352 g/mol. The Hall–Kier alpha value is -2.40. The number of aryl methyl sites for hydroxylation is 2. The van der Waals surface area contributed by atoms with Gasteiger partial charge < -0.3 is 4.57 Å². The summed E-state index contributed by atoms with van der Waals surface area (Å²) in [5.41, 5.74) is 14.6. The Bertz CT molecular complexity index is 857. The molecule has 0 spiro atoms. The van der Waals surface area contributed by atoms with E-state index < -0.39 is 0 Å². The largest absolute Gasteiger partial charge is 0.318 e. The van der Waals surface area contributed by atoms with Gasteiger partial charge in [0.15, 0.2) is 5.17 Å². The lowest BCUT2D eigenvalue weighted by molar-refractivity contribution is 0.840. The number of thioether (sulfide) groups is 1. The number of hydrogen-bond donors (Lipinski definition) is 2. The fraction of sp³-hybridized carbons (Fsp3) is 0.250. The lowest BCUT2D eigenvalue weighted by Crippen LogP contribution is -2.37. The van der Waals surface area contributed by atoms with Gasteiger partial charge in [-0.25, -0.2) is 0 Å². The Morgan fingerprint density at radius 2 is 1.88 bits per heavy atom. The van der Waals surface area contributed by atoms with Crippen molar-refractivity contribution in [3.8, 4) is 5.69 Å². The summed E-state index contributed by atoms with van der Waals surface area (Å²) in [6, 6.07) is 10.8. The van der Waals surface area contributed by atoms with E-state index in [1.807, 2.05) is 6.92 Å². The molecule has 5 heteroatoms. The van der Waals surface area contributed by atoms with Crippen LogP contribution in [0.5, 0.6) is 0 Å². The average molecular weight is 353 g/mol. The molecular weight excluding hydrogens is 328 g/mol. The first-order chi connectivity index (χ1) is 12.0. The van der Waals surface area contributed by atoms with Crippen molar-refractivity contribution in [3.63, 3.8) is 0 Å². The number of nitrogens with one attached hydrogen (secondary N) is 2. The van der Waals surface area contributed by atoms with Crippen LogP contribution in [0, 0.1) is 20.8 Å². The average Bonchev–Trinajstić information content (AvgIpc) is 2.89. The van der Waals surface area contributed by atoms with Gasteiger partial charge in [-0.3, -0.25) is 15.8 Å². The van der Waals surface area contributed by atoms with Crippen molar-refractivity contribution in [1.29, 1.82) is 0 Å². The third kappa shape index (κ3) is 3.82. The Labute approximate surface area is 153 Å². The zero-order valence-electron chi connectivity index (χ0n) is 15.2. The molecule has 0 saturated carbocycles. The van der Waals surface area contributed by atoms with E-state index in [-0.39, 0.29) is 0 Å². The van der Waals surface area contributed by atoms with Gasteiger partial charge in [-0.15, -0.1) is 0 Å². The molecule has 0 aliphatic carbocycles. The molecule has 0 bridgehead atoms. The third-order valence-electron chi connectivity index (χ3n) is 4.10. The maximum atomic E-state index is 4.47. The SMILES string of the molecule is C=C(C)CN=C1NNC(c2cc(C)n(-c3ccc(C)cc3)c2C)=CS1. The molecule has 3 rings (SSSR count). The summed E-state index contributed by atoms with van der Waals surface area (Å²) < 4.78 is 2.28. The first-order valence-corrected chi connectivity index (χ1v) is 9.17. The molecule has 2 N–H and O–H groups in total. The van der Waals surface area contributed by atoms with E-state index in [1.165, 1.54) is 28.2 Å². The summed E-state index contributed by atoms with van der Waals surface area (Å²) in [7, 11) is 0. The van der Waals surface area contributed by atoms with Gasteiger partial charge in [-0.05, 0) is 45.9 Å². The van der Waals surface area contributed by atoms with Crippen LogP contribution in [0.2, 0.25) is 0 Å². The number of nitrogens with zero attached hydrogens (tertiary/aromatic N) is 2. The van der Waals surface area contributed by atoms with Crippen molar-refractivity contribution >= 4 is 22.6 Å². The lowest BCUT2D eigenvalue weighted by Gasteiger charge is -2.19. The zero-order valence-corrected chi connectivity index (χ0v) is 16.0. The number of hydrazine groups is 1. The van der Waals surface area contributed by atoms with Gasteiger partial charge in [0.05, 0.1) is 12.2 Å². The molecule has 2 aromatic rings. The second-order valence-electron chi connectivity index (χ2n) is 6.43. The summed E-state index contributed by atoms with van der Waals surface area (Å²) in [6.45, 7) is 12.9. The molecule has 0 unspecified atom stereocenters. The first-order valence-electron chi connectivity index (χ1n) is 8.29. The molecule has 0 atom stereocenters. The van der Waals surface area contributed by atoms with E-state index in [1.54, 1.807) is 11.8 Å². The molecule has 1 aliphatic rings. The number of aliphatic imine (C=N–C) groups is 1. The van der Waals surface area contributed by atoms with E-state index in [0.29, 0.717) is 6.54 Å². The molecule has 130 valence electrons. The summed E-state index contributed by atoms with van der Waals surface area (Å²) >= 11 is 1.59. The van der Waals surface area contributed by atoms with Crippen LogP contribution < -0.4 is 10.9 Å². The molecule has 2 heterocycles. The summed E-state index contributed by atoms with van der Waals surface area (Å²) in [5.74, 6) is 0. The van der Waals surface area contributed by atoms with Crippen LogP contribution in [0.4, 0.5) is 0 Å². The van der Waals surface area contributed by atoms with Crippen molar-refractivity contribution < 1.29 is 0 Å². The molecule has 25 heavy (non-hydrogen) atoms. The molecule has 1 aromatic carbocycles. The molecule has 4 nitrogen and oxygen atoms in total. The summed E-state index contributed by atoms with van der Waals surface area (Å²) in [4.78, 5) is 4.47. The predicted molar refractivity (Wildman–Crippen MR) is 109 cm³/mol. The molecule has 0 fully saturated rings. The molecule has 0 saturated heterocycles. The highest BCUT2D eigenvalue weighted by atomic mass is 32.2. The molecular formula is C20H24N4S. The van der Waals surface area contributed by atoms with E-state index in [9.17, 15) is 0 Å². The topological polar surface area (TPSA) is 41.4 Å². The van der Waals surface area contributed by atoms with Gasteiger partial charge in [0.25, 0.3) is 0 Å². The van der Waals surface area contributed by atoms with Gasteiger partial charge in [0, 0.05) is 28.0 Å². The Morgan fingerprint density at radius 3 is 2.48 bits per heavy atom. The van der Waals surface area contributed by atoms with Crippen LogP contribution in [0.15, 0.2) is 52.9 Å². The van der Waals surface area contributed by atoms with Gasteiger partial charge in [0.1, 0.15) is 0 Å². The van der Waals surface area contributed by atoms with E-state index >= 15 is 0 Å². The minimum absolute atomic E-state index is 0.641. The van der Waals surface area contributed by atoms with E-state index in [2.05, 4.69) is 83.5 Å². The van der Waals surface area contributed by atoms with Crippen LogP contribution in [0.1, 0.15) is 29.4 Å². The highest BCUT2D eigenvalue weighted by Crippen LogP contribution is 2.28. The molecule has 1 aliphatic heterocycles. The molecule has 0 amide bonds. The minimum atomic E-state index is 0.641. The fourth-order valence-corrected chi connectivity index (χ4v) is 3.50. The third-order valence-corrected chi connectivity index (χ3v) is 4.91. The van der Waals surface area contributed by atoms with Crippen molar-refractivity contribution in [2.45, 2.75) is 27.7 Å². The Balaban J connectivity index is 1.87. The second kappa shape index (κ2) is 7.23. The van der Waals surface area contributed by atoms with Crippen LogP contribution >= 0.6 is 11.8 Å². The number of rotatable bonds is 4. The normalized spacial score (nSPS) is 15.5. The summed E-state index contributed by atoms with van der Waals surface area (Å²) in [6.07, 6.45) is 0. The number of aromatic nitrogens is 1. The van der Waals surface area contributed by atoms with Crippen molar-refractivity contribution in [3.05, 3.63) is 70.4 Å². The van der Waals surface area contributed by atoms with Crippen molar-refractivity contribution in [2.75, 3.05) is 6.54 Å². The number of hydrogen-bond acceptors (Lipinski definition) is 3. The minimum Gasteiger partial charge on any atom is -0.318 e. The highest BCUT2D eigenvalue weighted by molar-refractivity contribution is 8.16. The smallest absolute Gasteiger partial charge is 0.180 e. The maximum Gasteiger partial charge on any atom is 0.180 e. The molecule has 0 radical (unpaired) electrons. The maximum absolute atomic E-state index is 4.47. The lowest BCUT2D eigenvalue weighted by atomic mass is 10.2. The van der Waals surface area contributed by atoms with Gasteiger partial charge in [-0.1, -0.05) is 41.6 Å². The van der Waals surface area contributed by atoms with E-state index in [0.717, 1.165) is 16.4 Å². The van der Waals surface area contributed by atoms with Crippen LogP contribution in [-0.4, -0.2) is 16.3 Å². The quantitative estimate of drug-likeness (QED) is 0.798. The Kier molecular flexibility index (Phi) is 5.04. The number of amidine groups is 1. The first kappa shape index (κ1) is 17.4. The predicted octanol–water partition coefficient (Wildman–Crippen LogP) is 4.47. The van der Waals surface area contributed by atoms with E-state index in [4.69, 9.17) is 0 Å². The molecule has 1 aromatic heterocycles. The van der Waals surface area contributed by atoms with Crippen LogP contribution in [0.25, 0.3) is 11.4 Å². The van der Waals surface area contributed by atoms with Crippen LogP contribution in [-0.2, 0) is 0 Å². The summed E-state index contributed by atoms with van der Waals surface area (Å²) in [5, 5.41) is 2.97. The fourth-order valence-electron chi connectivity index (χ4n) is 2.84. The van der Waals surface area contributed by atoms with Crippen molar-refractivity contribution in [1.82, 2.24) is 15.4 Å². The highest BCUT2D eigenvalue weighted by Gasteiger charge is 2.17. The second-order valence-corrected chi connectivity index (χ2v) is 7.29. The number of benzene rings is 1. The zero-order chi connectivity index (χ0) is 18.0.